The van der Waals surface area contributed by atoms with Gasteiger partial charge in [-0.25, -0.2) is 0 Å². The molecule has 3 rings (SSSR count). The number of anilines is 1. The van der Waals surface area contributed by atoms with Crippen LogP contribution in [0.1, 0.15) is 11.1 Å². The molecule has 0 atom stereocenters. The van der Waals surface area contributed by atoms with Crippen LogP contribution in [-0.4, -0.2) is 10.5 Å². The van der Waals surface area contributed by atoms with Crippen LogP contribution in [0, 0.1) is 0 Å². The van der Waals surface area contributed by atoms with E-state index in [0.717, 1.165) is 11.1 Å². The number of carbonyl (C=O) groups is 1. The van der Waals surface area contributed by atoms with E-state index in [1.54, 1.807) is 42.6 Å². The summed E-state index contributed by atoms with van der Waals surface area (Å²) in [5, 5.41) is 7.34. The van der Waals surface area contributed by atoms with Crippen LogP contribution in [-0.2, 0) is 24.4 Å². The lowest BCUT2D eigenvalue weighted by Gasteiger charge is -2.11. The fourth-order valence-electron chi connectivity index (χ4n) is 2.69. The van der Waals surface area contributed by atoms with Gasteiger partial charge < -0.3 is 15.2 Å². The predicted molar refractivity (Wildman–Crippen MR) is 118 cm³/mol. The highest BCUT2D eigenvalue weighted by molar-refractivity contribution is 6.42. The van der Waals surface area contributed by atoms with E-state index in [-0.39, 0.29) is 24.6 Å². The second kappa shape index (κ2) is 9.83. The van der Waals surface area contributed by atoms with Gasteiger partial charge in [0.2, 0.25) is 5.91 Å². The number of carbonyl (C=O) groups excluding carboxylic acids is 1. The minimum atomic E-state index is -0.290. The first-order valence-corrected chi connectivity index (χ1v) is 9.95. The first kappa shape index (κ1) is 21.2. The summed E-state index contributed by atoms with van der Waals surface area (Å²) < 4.78 is 1.35. The standard InChI is InChI=1S/C21H18Cl3N3O2/c22-16-5-2-1-4-15(16)12-25-19-6-3-9-27(21(19)29)13-20(28)26-11-14-7-8-17(23)18(24)10-14/h1-10,25H,11-13H2,(H,26,28). The summed E-state index contributed by atoms with van der Waals surface area (Å²) in [4.78, 5) is 24.9. The molecule has 0 fully saturated rings. The Kier molecular flexibility index (Phi) is 7.20. The maximum Gasteiger partial charge on any atom is 0.274 e. The van der Waals surface area contributed by atoms with E-state index in [0.29, 0.717) is 27.3 Å². The van der Waals surface area contributed by atoms with E-state index in [2.05, 4.69) is 10.6 Å². The number of rotatable bonds is 7. The average molecular weight is 451 g/mol. The molecule has 1 heterocycles. The largest absolute Gasteiger partial charge is 0.376 e. The van der Waals surface area contributed by atoms with E-state index in [1.807, 2.05) is 18.2 Å². The predicted octanol–water partition coefficient (Wildman–Crippen LogP) is 4.74. The lowest BCUT2D eigenvalue weighted by atomic mass is 10.2. The van der Waals surface area contributed by atoms with Crippen molar-refractivity contribution in [2.24, 2.45) is 0 Å². The molecular formula is C21H18Cl3N3O2. The van der Waals surface area contributed by atoms with Crippen LogP contribution in [0.3, 0.4) is 0 Å². The number of amides is 1. The highest BCUT2D eigenvalue weighted by Gasteiger charge is 2.09. The number of pyridine rings is 1. The minimum absolute atomic E-state index is 0.0955. The Bertz CT molecular complexity index is 1080. The molecule has 0 saturated carbocycles. The zero-order chi connectivity index (χ0) is 20.8. The molecule has 0 aliphatic carbocycles. The van der Waals surface area contributed by atoms with Crippen LogP contribution in [0.25, 0.3) is 0 Å². The van der Waals surface area contributed by atoms with Gasteiger partial charge in [0.1, 0.15) is 12.2 Å². The van der Waals surface area contributed by atoms with E-state index >= 15 is 0 Å². The number of halogens is 3. The molecule has 0 saturated heterocycles. The molecule has 150 valence electrons. The second-order valence-corrected chi connectivity index (χ2v) is 7.55. The molecule has 0 spiro atoms. The van der Waals surface area contributed by atoms with Crippen molar-refractivity contribution in [3.63, 3.8) is 0 Å². The van der Waals surface area contributed by atoms with Crippen molar-refractivity contribution in [1.29, 1.82) is 0 Å². The smallest absolute Gasteiger partial charge is 0.274 e. The van der Waals surface area contributed by atoms with Crippen LogP contribution in [0.4, 0.5) is 5.69 Å². The Balaban J connectivity index is 1.61. The third-order valence-electron chi connectivity index (χ3n) is 4.23. The summed E-state index contributed by atoms with van der Waals surface area (Å²) in [6, 6.07) is 15.9. The Morgan fingerprint density at radius 3 is 2.45 bits per heavy atom. The Morgan fingerprint density at radius 1 is 0.897 bits per heavy atom. The molecule has 0 aliphatic rings. The third-order valence-corrected chi connectivity index (χ3v) is 5.34. The van der Waals surface area contributed by atoms with Crippen molar-refractivity contribution in [1.82, 2.24) is 9.88 Å². The van der Waals surface area contributed by atoms with Crippen LogP contribution >= 0.6 is 34.8 Å². The molecule has 5 nitrogen and oxygen atoms in total. The van der Waals surface area contributed by atoms with Gasteiger partial charge in [-0.3, -0.25) is 9.59 Å². The van der Waals surface area contributed by atoms with E-state index in [1.165, 1.54) is 4.57 Å². The fraction of sp³-hybridized carbons (Fsp3) is 0.143. The molecule has 2 N–H and O–H groups in total. The van der Waals surface area contributed by atoms with Crippen LogP contribution < -0.4 is 16.2 Å². The van der Waals surface area contributed by atoms with Gasteiger partial charge in [0.05, 0.1) is 10.0 Å². The van der Waals surface area contributed by atoms with E-state index < -0.39 is 0 Å². The fourth-order valence-corrected chi connectivity index (χ4v) is 3.21. The zero-order valence-corrected chi connectivity index (χ0v) is 17.6. The molecule has 29 heavy (non-hydrogen) atoms. The number of hydrogen-bond donors (Lipinski definition) is 2. The summed E-state index contributed by atoms with van der Waals surface area (Å²) >= 11 is 18.0. The quantitative estimate of drug-likeness (QED) is 0.547. The number of aromatic nitrogens is 1. The lowest BCUT2D eigenvalue weighted by Crippen LogP contribution is -2.32. The van der Waals surface area contributed by atoms with Gasteiger partial charge in [-0.1, -0.05) is 59.1 Å². The van der Waals surface area contributed by atoms with Gasteiger partial charge in [-0.15, -0.1) is 0 Å². The summed E-state index contributed by atoms with van der Waals surface area (Å²) in [5.74, 6) is -0.290. The molecule has 0 radical (unpaired) electrons. The molecule has 1 aromatic heterocycles. The van der Waals surface area contributed by atoms with Crippen molar-refractivity contribution in [3.8, 4) is 0 Å². The van der Waals surface area contributed by atoms with Crippen molar-refractivity contribution in [2.75, 3.05) is 5.32 Å². The molecule has 0 aliphatic heterocycles. The lowest BCUT2D eigenvalue weighted by molar-refractivity contribution is -0.121. The molecule has 2 aromatic carbocycles. The Hall–Kier alpha value is -2.47. The van der Waals surface area contributed by atoms with Gasteiger partial charge in [0.25, 0.3) is 5.56 Å². The molecule has 0 unspecified atom stereocenters. The normalized spacial score (nSPS) is 10.6. The maximum atomic E-state index is 12.6. The summed E-state index contributed by atoms with van der Waals surface area (Å²) in [7, 11) is 0. The number of hydrogen-bond acceptors (Lipinski definition) is 3. The monoisotopic (exact) mass is 449 g/mol. The average Bonchev–Trinajstić information content (AvgIpc) is 2.70. The van der Waals surface area contributed by atoms with Gasteiger partial charge in [-0.05, 0) is 41.5 Å². The molecular weight excluding hydrogens is 433 g/mol. The first-order chi connectivity index (χ1) is 13.9. The molecule has 1 amide bonds. The minimum Gasteiger partial charge on any atom is -0.376 e. The van der Waals surface area contributed by atoms with Crippen LogP contribution in [0.5, 0.6) is 0 Å². The van der Waals surface area contributed by atoms with Gasteiger partial charge in [0.15, 0.2) is 0 Å². The summed E-state index contributed by atoms with van der Waals surface area (Å²) in [6.45, 7) is 0.596. The van der Waals surface area contributed by atoms with Crippen molar-refractivity contribution >= 4 is 46.4 Å². The van der Waals surface area contributed by atoms with Crippen LogP contribution in [0.2, 0.25) is 15.1 Å². The van der Waals surface area contributed by atoms with E-state index in [9.17, 15) is 9.59 Å². The van der Waals surface area contributed by atoms with Crippen molar-refractivity contribution < 1.29 is 4.79 Å². The van der Waals surface area contributed by atoms with Gasteiger partial charge >= 0.3 is 0 Å². The highest BCUT2D eigenvalue weighted by Crippen LogP contribution is 2.22. The maximum absolute atomic E-state index is 12.6. The topological polar surface area (TPSA) is 63.1 Å². The molecule has 3 aromatic rings. The van der Waals surface area contributed by atoms with Crippen molar-refractivity contribution in [3.05, 3.63) is 97.3 Å². The summed E-state index contributed by atoms with van der Waals surface area (Å²) in [6.07, 6.45) is 1.57. The highest BCUT2D eigenvalue weighted by atomic mass is 35.5. The first-order valence-electron chi connectivity index (χ1n) is 8.81. The van der Waals surface area contributed by atoms with Gasteiger partial charge in [0, 0.05) is 24.3 Å². The van der Waals surface area contributed by atoms with Crippen LogP contribution in [0.15, 0.2) is 65.6 Å². The van der Waals surface area contributed by atoms with Gasteiger partial charge in [-0.2, -0.15) is 0 Å². The van der Waals surface area contributed by atoms with Crippen molar-refractivity contribution in [2.45, 2.75) is 19.6 Å². The zero-order valence-electron chi connectivity index (χ0n) is 15.3. The number of nitrogens with one attached hydrogen (secondary N) is 2. The molecule has 0 bridgehead atoms. The number of nitrogens with zero attached hydrogens (tertiary/aromatic N) is 1. The summed E-state index contributed by atoms with van der Waals surface area (Å²) in [5.41, 5.74) is 1.80. The molecule has 8 heteroatoms. The Labute approximate surface area is 183 Å². The third kappa shape index (κ3) is 5.76. The SMILES string of the molecule is O=C(Cn1cccc(NCc2ccccc2Cl)c1=O)NCc1ccc(Cl)c(Cl)c1. The Morgan fingerprint density at radius 2 is 1.69 bits per heavy atom. The number of benzene rings is 2. The van der Waals surface area contributed by atoms with E-state index in [4.69, 9.17) is 34.8 Å². The second-order valence-electron chi connectivity index (χ2n) is 6.33.